The number of aliphatic carboxylic acids is 1. The van der Waals surface area contributed by atoms with Crippen LogP contribution in [0, 0.1) is 5.82 Å². The molecule has 1 atom stereocenters. The number of halogens is 2. The van der Waals surface area contributed by atoms with Gasteiger partial charge in [0.05, 0.1) is 12.1 Å². The molecule has 0 heterocycles. The van der Waals surface area contributed by atoms with Crippen LogP contribution in [0.1, 0.15) is 43.4 Å². The molecule has 0 aliphatic rings. The van der Waals surface area contributed by atoms with Crippen LogP contribution in [0.5, 0.6) is 11.5 Å². The summed E-state index contributed by atoms with van der Waals surface area (Å²) in [5, 5.41) is 12.3. The van der Waals surface area contributed by atoms with Gasteiger partial charge < -0.3 is 19.9 Å². The normalized spacial score (nSPS) is 11.9. The molecule has 28 heavy (non-hydrogen) atoms. The van der Waals surface area contributed by atoms with Gasteiger partial charge in [0.25, 0.3) is 0 Å². The fourth-order valence-corrected chi connectivity index (χ4v) is 3.09. The molecule has 7 heteroatoms. The van der Waals surface area contributed by atoms with E-state index in [9.17, 15) is 9.18 Å². The number of rotatable bonds is 11. The first-order valence-electron chi connectivity index (χ1n) is 9.10. The van der Waals surface area contributed by atoms with Gasteiger partial charge >= 0.3 is 5.97 Å². The highest BCUT2D eigenvalue weighted by Gasteiger charge is 2.16. The fourth-order valence-electron chi connectivity index (χ4n) is 2.82. The van der Waals surface area contributed by atoms with E-state index in [4.69, 9.17) is 26.2 Å². The first-order chi connectivity index (χ1) is 13.4. The highest BCUT2D eigenvalue weighted by molar-refractivity contribution is 6.31. The highest BCUT2D eigenvalue weighted by atomic mass is 35.5. The van der Waals surface area contributed by atoms with Crippen molar-refractivity contribution in [2.45, 2.75) is 38.8 Å². The zero-order valence-corrected chi connectivity index (χ0v) is 16.8. The van der Waals surface area contributed by atoms with Gasteiger partial charge in [-0.25, -0.2) is 4.39 Å². The lowest BCUT2D eigenvalue weighted by molar-refractivity contribution is -0.137. The van der Waals surface area contributed by atoms with Gasteiger partial charge in [-0.05, 0) is 68.3 Å². The van der Waals surface area contributed by atoms with Crippen molar-refractivity contribution < 1.29 is 23.8 Å². The van der Waals surface area contributed by atoms with Gasteiger partial charge in [0.2, 0.25) is 0 Å². The highest BCUT2D eigenvalue weighted by Crippen LogP contribution is 2.28. The van der Waals surface area contributed by atoms with Crippen LogP contribution in [0.2, 0.25) is 5.02 Å². The summed E-state index contributed by atoms with van der Waals surface area (Å²) in [5.41, 5.74) is 1.43. The molecule has 0 saturated heterocycles. The first kappa shape index (κ1) is 22.0. The second kappa shape index (κ2) is 10.9. The molecule has 2 aromatic rings. The zero-order valence-electron chi connectivity index (χ0n) is 16.0. The van der Waals surface area contributed by atoms with E-state index >= 15 is 0 Å². The maximum atomic E-state index is 13.9. The third-order valence-corrected chi connectivity index (χ3v) is 4.71. The Labute approximate surface area is 169 Å². The van der Waals surface area contributed by atoms with Gasteiger partial charge in [-0.15, -0.1) is 0 Å². The van der Waals surface area contributed by atoms with Crippen LogP contribution >= 0.6 is 11.6 Å². The second-order valence-electron chi connectivity index (χ2n) is 6.45. The number of ether oxygens (including phenoxy) is 2. The molecule has 0 saturated carbocycles. The van der Waals surface area contributed by atoms with Crippen molar-refractivity contribution in [3.8, 4) is 11.5 Å². The molecule has 2 aromatic carbocycles. The molecular formula is C21H25ClFNO4. The minimum absolute atomic E-state index is 0.142. The Kier molecular flexibility index (Phi) is 8.54. The summed E-state index contributed by atoms with van der Waals surface area (Å²) in [6.07, 6.45) is 1.45. The summed E-state index contributed by atoms with van der Waals surface area (Å²) in [6, 6.07) is 9.74. The van der Waals surface area contributed by atoms with Crippen molar-refractivity contribution in [3.63, 3.8) is 0 Å². The smallest absolute Gasteiger partial charge is 0.303 e. The third kappa shape index (κ3) is 6.69. The third-order valence-electron chi connectivity index (χ3n) is 4.37. The summed E-state index contributed by atoms with van der Waals surface area (Å²) in [7, 11) is 1.59. The Morgan fingerprint density at radius 3 is 2.54 bits per heavy atom. The molecule has 2 rings (SSSR count). The Hall–Kier alpha value is -2.31. The van der Waals surface area contributed by atoms with E-state index in [1.165, 1.54) is 12.1 Å². The predicted octanol–water partition coefficient (Wildman–Crippen LogP) is 4.97. The van der Waals surface area contributed by atoms with E-state index in [2.05, 4.69) is 5.32 Å². The lowest BCUT2D eigenvalue weighted by Gasteiger charge is -2.20. The Morgan fingerprint density at radius 2 is 1.89 bits per heavy atom. The fraction of sp³-hybridized carbons (Fsp3) is 0.381. The van der Waals surface area contributed by atoms with Gasteiger partial charge in [-0.3, -0.25) is 4.79 Å². The van der Waals surface area contributed by atoms with Crippen molar-refractivity contribution in [2.24, 2.45) is 0 Å². The SMILES string of the molecule is COc1ccc(OCc2c(Cl)cc(F)cc2[C@H](C)NCCCCC(=O)O)cc1. The minimum atomic E-state index is -0.803. The van der Waals surface area contributed by atoms with Crippen molar-refractivity contribution >= 4 is 17.6 Å². The number of carboxylic acids is 1. The van der Waals surface area contributed by atoms with E-state index in [0.29, 0.717) is 29.3 Å². The van der Waals surface area contributed by atoms with Crippen LogP contribution < -0.4 is 14.8 Å². The molecule has 5 nitrogen and oxygen atoms in total. The number of nitrogens with one attached hydrogen (secondary N) is 1. The molecule has 0 spiro atoms. The van der Waals surface area contributed by atoms with Crippen molar-refractivity contribution in [3.05, 3.63) is 58.4 Å². The minimum Gasteiger partial charge on any atom is -0.497 e. The Bertz CT molecular complexity index is 783. The average molecular weight is 410 g/mol. The number of carboxylic acid groups (broad SMARTS) is 1. The van der Waals surface area contributed by atoms with Gasteiger partial charge in [0.1, 0.15) is 23.9 Å². The predicted molar refractivity (Wildman–Crippen MR) is 107 cm³/mol. The summed E-state index contributed by atoms with van der Waals surface area (Å²) < 4.78 is 24.9. The molecule has 152 valence electrons. The summed E-state index contributed by atoms with van der Waals surface area (Å²) in [4.78, 5) is 10.6. The van der Waals surface area contributed by atoms with Crippen LogP contribution in [0.25, 0.3) is 0 Å². The van der Waals surface area contributed by atoms with E-state index in [1.54, 1.807) is 31.4 Å². The Morgan fingerprint density at radius 1 is 1.21 bits per heavy atom. The molecule has 0 aliphatic carbocycles. The molecule has 0 radical (unpaired) electrons. The molecule has 0 bridgehead atoms. The average Bonchev–Trinajstić information content (AvgIpc) is 2.66. The van der Waals surface area contributed by atoms with Crippen LogP contribution in [-0.4, -0.2) is 24.7 Å². The number of hydrogen-bond donors (Lipinski definition) is 2. The van der Waals surface area contributed by atoms with Gasteiger partial charge in [-0.2, -0.15) is 0 Å². The summed E-state index contributed by atoms with van der Waals surface area (Å²) in [6.45, 7) is 2.74. The Balaban J connectivity index is 2.03. The number of hydrogen-bond acceptors (Lipinski definition) is 4. The number of benzene rings is 2. The van der Waals surface area contributed by atoms with Crippen LogP contribution in [0.3, 0.4) is 0 Å². The van der Waals surface area contributed by atoms with E-state index < -0.39 is 11.8 Å². The standard InChI is InChI=1S/C21H25ClFNO4/c1-14(24-10-4-3-5-21(25)26)18-11-15(23)12-20(22)19(18)13-28-17-8-6-16(27-2)7-9-17/h6-9,11-12,14,24H,3-5,10,13H2,1-2H3,(H,25,26)/t14-/m0/s1. The second-order valence-corrected chi connectivity index (χ2v) is 6.85. The quantitative estimate of drug-likeness (QED) is 0.513. The molecule has 0 unspecified atom stereocenters. The summed E-state index contributed by atoms with van der Waals surface area (Å²) >= 11 is 6.28. The lowest BCUT2D eigenvalue weighted by atomic mass is 10.0. The van der Waals surface area contributed by atoms with Crippen LogP contribution in [0.15, 0.2) is 36.4 Å². The van der Waals surface area contributed by atoms with E-state index in [0.717, 1.165) is 17.7 Å². The number of methoxy groups -OCH3 is 1. The number of carbonyl (C=O) groups is 1. The topological polar surface area (TPSA) is 67.8 Å². The molecule has 2 N–H and O–H groups in total. The summed E-state index contributed by atoms with van der Waals surface area (Å²) in [5.74, 6) is 0.172. The molecule has 0 fully saturated rings. The van der Waals surface area contributed by atoms with Crippen molar-refractivity contribution in [1.29, 1.82) is 0 Å². The van der Waals surface area contributed by atoms with Gasteiger partial charge in [-0.1, -0.05) is 11.6 Å². The van der Waals surface area contributed by atoms with E-state index in [1.807, 2.05) is 6.92 Å². The van der Waals surface area contributed by atoms with Crippen molar-refractivity contribution in [1.82, 2.24) is 5.32 Å². The monoisotopic (exact) mass is 409 g/mol. The lowest BCUT2D eigenvalue weighted by Crippen LogP contribution is -2.22. The molecule has 0 amide bonds. The largest absolute Gasteiger partial charge is 0.497 e. The van der Waals surface area contributed by atoms with Gasteiger partial charge in [0, 0.05) is 18.0 Å². The maximum absolute atomic E-state index is 13.9. The van der Waals surface area contributed by atoms with Crippen LogP contribution in [-0.2, 0) is 11.4 Å². The van der Waals surface area contributed by atoms with Crippen LogP contribution in [0.4, 0.5) is 4.39 Å². The van der Waals surface area contributed by atoms with E-state index in [-0.39, 0.29) is 19.1 Å². The number of unbranched alkanes of at least 4 members (excludes halogenated alkanes) is 1. The molecular weight excluding hydrogens is 385 g/mol. The first-order valence-corrected chi connectivity index (χ1v) is 9.48. The maximum Gasteiger partial charge on any atom is 0.303 e. The zero-order chi connectivity index (χ0) is 20.5. The van der Waals surface area contributed by atoms with Crippen molar-refractivity contribution in [2.75, 3.05) is 13.7 Å². The molecule has 0 aromatic heterocycles. The molecule has 0 aliphatic heterocycles. The van der Waals surface area contributed by atoms with Gasteiger partial charge in [0.15, 0.2) is 0 Å².